The summed E-state index contributed by atoms with van der Waals surface area (Å²) in [7, 11) is 0. The van der Waals surface area contributed by atoms with Crippen LogP contribution in [0.5, 0.6) is 0 Å². The summed E-state index contributed by atoms with van der Waals surface area (Å²) in [5, 5.41) is 15.1. The number of para-hydroxylation sites is 4. The van der Waals surface area contributed by atoms with Crippen molar-refractivity contribution in [3.8, 4) is 0 Å². The molecule has 0 aliphatic rings. The van der Waals surface area contributed by atoms with Gasteiger partial charge in [-0.1, -0.05) is 115 Å². The normalized spacial score (nSPS) is 12.5. The molecule has 244 valence electrons. The molecule has 0 saturated heterocycles. The standard InChI is InChI=1S/C49H28N4/c1-3-16-31(17-4-1)51(32-18-5-2-6-19-32)40-25-13-23-36-38-27-30-15-7-9-20-33(30)42-44-41(52(46(36)40)47(38)42)28-50-49-45(44)43-34-21-10-8-14-29(34)26-37-35-22-11-12-24-39(35)53(49)48(37)43/h1-28H. The second-order valence-electron chi connectivity index (χ2n) is 14.3. The van der Waals surface area contributed by atoms with E-state index in [0.29, 0.717) is 0 Å². The van der Waals surface area contributed by atoms with Crippen molar-refractivity contribution < 1.29 is 0 Å². The van der Waals surface area contributed by atoms with Crippen LogP contribution >= 0.6 is 0 Å². The summed E-state index contributed by atoms with van der Waals surface area (Å²) >= 11 is 0. The van der Waals surface area contributed by atoms with Gasteiger partial charge < -0.3 is 9.30 Å². The lowest BCUT2D eigenvalue weighted by molar-refractivity contribution is 1.25. The summed E-state index contributed by atoms with van der Waals surface area (Å²) < 4.78 is 4.95. The number of rotatable bonds is 3. The average Bonchev–Trinajstić information content (AvgIpc) is 3.95. The van der Waals surface area contributed by atoms with E-state index in [9.17, 15) is 0 Å². The van der Waals surface area contributed by atoms with Gasteiger partial charge in [0.05, 0.1) is 39.5 Å². The molecule has 0 amide bonds. The summed E-state index contributed by atoms with van der Waals surface area (Å²) in [6, 6.07) is 59.6. The molecular formula is C49H28N4. The Hall–Kier alpha value is -7.17. The number of fused-ring (bicyclic) bond motifs is 17. The van der Waals surface area contributed by atoms with Gasteiger partial charge in [0.25, 0.3) is 0 Å². The van der Waals surface area contributed by atoms with E-state index in [1.807, 2.05) is 0 Å². The van der Waals surface area contributed by atoms with Crippen molar-refractivity contribution >= 4 is 115 Å². The van der Waals surface area contributed by atoms with Gasteiger partial charge in [0, 0.05) is 54.5 Å². The predicted molar refractivity (Wildman–Crippen MR) is 223 cm³/mol. The SMILES string of the molecule is c1ccc(N(c2ccccc2)c2cccc3c4cc5ccccc5c5c6c7c8c9ccccc9cc9c%10ccccc%10n(c7ncc6n(c23)c45)c98)cc1. The van der Waals surface area contributed by atoms with Gasteiger partial charge in [0.15, 0.2) is 0 Å². The highest BCUT2D eigenvalue weighted by atomic mass is 15.2. The highest BCUT2D eigenvalue weighted by Gasteiger charge is 2.29. The Bertz CT molecular complexity index is 3580. The van der Waals surface area contributed by atoms with E-state index in [1.165, 1.54) is 86.7 Å². The Morgan fingerprint density at radius 1 is 0.377 bits per heavy atom. The fourth-order valence-corrected chi connectivity index (χ4v) is 9.71. The van der Waals surface area contributed by atoms with Crippen LogP contribution in [-0.2, 0) is 0 Å². The van der Waals surface area contributed by atoms with Gasteiger partial charge in [-0.05, 0) is 70.1 Å². The zero-order valence-electron chi connectivity index (χ0n) is 28.5. The lowest BCUT2D eigenvalue weighted by Crippen LogP contribution is -2.10. The van der Waals surface area contributed by atoms with E-state index in [1.54, 1.807) is 0 Å². The van der Waals surface area contributed by atoms with Crippen molar-refractivity contribution in [2.24, 2.45) is 0 Å². The van der Waals surface area contributed by atoms with E-state index in [0.717, 1.165) is 28.2 Å². The summed E-state index contributed by atoms with van der Waals surface area (Å²) in [6.45, 7) is 0. The fraction of sp³-hybridized carbons (Fsp3) is 0. The topological polar surface area (TPSA) is 24.9 Å². The molecule has 4 heteroatoms. The Labute approximate surface area is 302 Å². The van der Waals surface area contributed by atoms with E-state index in [-0.39, 0.29) is 0 Å². The van der Waals surface area contributed by atoms with Crippen molar-refractivity contribution in [1.29, 1.82) is 0 Å². The van der Waals surface area contributed by atoms with Gasteiger partial charge in [-0.15, -0.1) is 0 Å². The molecule has 5 aromatic heterocycles. The van der Waals surface area contributed by atoms with Gasteiger partial charge in [-0.25, -0.2) is 4.98 Å². The molecule has 8 aromatic carbocycles. The molecule has 0 N–H and O–H groups in total. The molecule has 0 aliphatic carbocycles. The summed E-state index contributed by atoms with van der Waals surface area (Å²) in [5.41, 5.74) is 10.4. The van der Waals surface area contributed by atoms with Crippen LogP contribution in [0.3, 0.4) is 0 Å². The zero-order valence-corrected chi connectivity index (χ0v) is 28.5. The van der Waals surface area contributed by atoms with Crippen LogP contribution in [0.15, 0.2) is 170 Å². The first-order valence-corrected chi connectivity index (χ1v) is 18.2. The van der Waals surface area contributed by atoms with Crippen LogP contribution in [-0.4, -0.2) is 13.8 Å². The molecule has 53 heavy (non-hydrogen) atoms. The molecule has 13 rings (SSSR count). The second-order valence-corrected chi connectivity index (χ2v) is 14.3. The average molecular weight is 673 g/mol. The Morgan fingerprint density at radius 2 is 0.925 bits per heavy atom. The summed E-state index contributed by atoms with van der Waals surface area (Å²) in [4.78, 5) is 7.85. The lowest BCUT2D eigenvalue weighted by Gasteiger charge is -2.26. The number of nitrogens with zero attached hydrogens (tertiary/aromatic N) is 4. The lowest BCUT2D eigenvalue weighted by atomic mass is 9.96. The zero-order chi connectivity index (χ0) is 34.4. The molecule has 0 spiro atoms. The van der Waals surface area contributed by atoms with E-state index >= 15 is 0 Å². The third-order valence-corrected chi connectivity index (χ3v) is 11.7. The monoisotopic (exact) mass is 672 g/mol. The summed E-state index contributed by atoms with van der Waals surface area (Å²) in [5.74, 6) is 0. The van der Waals surface area contributed by atoms with Crippen molar-refractivity contribution in [3.63, 3.8) is 0 Å². The molecule has 0 bridgehead atoms. The Kier molecular flexibility index (Phi) is 5.08. The molecule has 0 radical (unpaired) electrons. The van der Waals surface area contributed by atoms with Crippen LogP contribution in [0.4, 0.5) is 17.1 Å². The smallest absolute Gasteiger partial charge is 0.146 e. The largest absolute Gasteiger partial charge is 0.308 e. The van der Waals surface area contributed by atoms with Gasteiger partial charge >= 0.3 is 0 Å². The van der Waals surface area contributed by atoms with Crippen LogP contribution in [0.2, 0.25) is 0 Å². The number of hydrogen-bond acceptors (Lipinski definition) is 2. The van der Waals surface area contributed by atoms with Gasteiger partial charge in [-0.2, -0.15) is 0 Å². The van der Waals surface area contributed by atoms with Crippen molar-refractivity contribution in [2.45, 2.75) is 0 Å². The van der Waals surface area contributed by atoms with Gasteiger partial charge in [0.1, 0.15) is 5.65 Å². The van der Waals surface area contributed by atoms with Gasteiger partial charge in [-0.3, -0.25) is 4.40 Å². The van der Waals surface area contributed by atoms with E-state index < -0.39 is 0 Å². The molecule has 5 heterocycles. The second kappa shape index (κ2) is 9.78. The first kappa shape index (κ1) is 27.5. The molecule has 13 aromatic rings. The van der Waals surface area contributed by atoms with Crippen molar-refractivity contribution in [3.05, 3.63) is 170 Å². The number of aromatic nitrogens is 3. The van der Waals surface area contributed by atoms with Crippen molar-refractivity contribution in [1.82, 2.24) is 13.8 Å². The first-order valence-electron chi connectivity index (χ1n) is 18.2. The third kappa shape index (κ3) is 3.34. The number of anilines is 3. The Morgan fingerprint density at radius 3 is 1.62 bits per heavy atom. The molecule has 0 aliphatic heterocycles. The predicted octanol–water partition coefficient (Wildman–Crippen LogP) is 13.2. The molecule has 4 nitrogen and oxygen atoms in total. The first-order chi connectivity index (χ1) is 26.3. The van der Waals surface area contributed by atoms with E-state index in [2.05, 4.69) is 184 Å². The van der Waals surface area contributed by atoms with Crippen LogP contribution in [0.1, 0.15) is 0 Å². The molecule has 0 atom stereocenters. The maximum Gasteiger partial charge on any atom is 0.146 e. The summed E-state index contributed by atoms with van der Waals surface area (Å²) in [6.07, 6.45) is 2.14. The van der Waals surface area contributed by atoms with Crippen molar-refractivity contribution in [2.75, 3.05) is 4.90 Å². The maximum atomic E-state index is 5.46. The third-order valence-electron chi connectivity index (χ3n) is 11.7. The molecule has 0 unspecified atom stereocenters. The minimum absolute atomic E-state index is 1.01. The highest BCUT2D eigenvalue weighted by Crippen LogP contribution is 2.51. The minimum Gasteiger partial charge on any atom is -0.308 e. The fourth-order valence-electron chi connectivity index (χ4n) is 9.71. The van der Waals surface area contributed by atoms with Crippen LogP contribution in [0, 0.1) is 0 Å². The Balaban J connectivity index is 1.32. The number of pyridine rings is 1. The molecule has 0 saturated carbocycles. The highest BCUT2D eigenvalue weighted by molar-refractivity contribution is 6.42. The van der Waals surface area contributed by atoms with Gasteiger partial charge in [0.2, 0.25) is 0 Å². The number of benzene rings is 8. The van der Waals surface area contributed by atoms with Crippen LogP contribution < -0.4 is 4.90 Å². The van der Waals surface area contributed by atoms with E-state index in [4.69, 9.17) is 4.98 Å². The van der Waals surface area contributed by atoms with Crippen LogP contribution in [0.25, 0.3) is 97.9 Å². The number of hydrogen-bond donors (Lipinski definition) is 0. The quantitative estimate of drug-likeness (QED) is 0.187. The maximum absolute atomic E-state index is 5.46. The molecule has 0 fully saturated rings. The molecular weight excluding hydrogens is 645 g/mol. The minimum atomic E-state index is 1.01.